The van der Waals surface area contributed by atoms with Crippen LogP contribution in [-0.2, 0) is 4.79 Å². The van der Waals surface area contributed by atoms with Crippen molar-refractivity contribution in [3.05, 3.63) is 66.7 Å². The molecule has 0 spiro atoms. The van der Waals surface area contributed by atoms with Gasteiger partial charge >= 0.3 is 0 Å². The van der Waals surface area contributed by atoms with Gasteiger partial charge in [-0.2, -0.15) is 5.10 Å². The molecule has 0 saturated carbocycles. The van der Waals surface area contributed by atoms with E-state index < -0.39 is 0 Å². The third kappa shape index (κ3) is 4.64. The normalized spacial score (nSPS) is 11.8. The molecular weight excluding hydrogens is 348 g/mol. The summed E-state index contributed by atoms with van der Waals surface area (Å²) in [5, 5.41) is 7.38. The molecule has 1 N–H and O–H groups in total. The number of hydrogen-bond donors (Lipinski definition) is 1. The fraction of sp³-hybridized carbons (Fsp3) is 0.211. The molecule has 1 atom stereocenters. The minimum Gasteiger partial charge on any atom is -0.497 e. The Labute approximate surface area is 156 Å². The molecule has 6 nitrogen and oxygen atoms in total. The number of benzene rings is 1. The van der Waals surface area contributed by atoms with Crippen LogP contribution in [0.15, 0.2) is 66.1 Å². The zero-order chi connectivity index (χ0) is 18.4. The van der Waals surface area contributed by atoms with Crippen LogP contribution in [0.25, 0.3) is 5.69 Å². The van der Waals surface area contributed by atoms with Gasteiger partial charge in [-0.1, -0.05) is 6.07 Å². The maximum atomic E-state index is 12.2. The van der Waals surface area contributed by atoms with Gasteiger partial charge in [0.2, 0.25) is 5.91 Å². The van der Waals surface area contributed by atoms with Crippen LogP contribution in [0.2, 0.25) is 0 Å². The first kappa shape index (κ1) is 18.0. The van der Waals surface area contributed by atoms with Crippen molar-refractivity contribution in [1.29, 1.82) is 0 Å². The van der Waals surface area contributed by atoms with E-state index in [1.54, 1.807) is 30.4 Å². The van der Waals surface area contributed by atoms with E-state index in [1.165, 1.54) is 11.8 Å². The number of nitrogens with zero attached hydrogens (tertiary/aromatic N) is 3. The monoisotopic (exact) mass is 368 g/mol. The van der Waals surface area contributed by atoms with Crippen LogP contribution in [-0.4, -0.2) is 33.5 Å². The molecule has 0 aliphatic heterocycles. The van der Waals surface area contributed by atoms with E-state index in [0.29, 0.717) is 5.75 Å². The third-order valence-electron chi connectivity index (χ3n) is 3.82. The van der Waals surface area contributed by atoms with Crippen LogP contribution in [0.1, 0.15) is 18.5 Å². The van der Waals surface area contributed by atoms with Gasteiger partial charge in [-0.05, 0) is 31.2 Å². The number of aromatic nitrogens is 3. The van der Waals surface area contributed by atoms with E-state index in [1.807, 2.05) is 49.5 Å². The Morgan fingerprint density at radius 3 is 2.88 bits per heavy atom. The zero-order valence-corrected chi connectivity index (χ0v) is 15.4. The van der Waals surface area contributed by atoms with E-state index >= 15 is 0 Å². The second-order valence-corrected chi connectivity index (χ2v) is 6.73. The van der Waals surface area contributed by atoms with Gasteiger partial charge in [0.1, 0.15) is 5.75 Å². The fourth-order valence-corrected chi connectivity index (χ4v) is 3.10. The first-order valence-electron chi connectivity index (χ1n) is 8.17. The van der Waals surface area contributed by atoms with Crippen molar-refractivity contribution in [1.82, 2.24) is 20.1 Å². The van der Waals surface area contributed by atoms with E-state index in [-0.39, 0.29) is 11.9 Å². The van der Waals surface area contributed by atoms with E-state index in [9.17, 15) is 4.79 Å². The first-order valence-corrected chi connectivity index (χ1v) is 9.15. The van der Waals surface area contributed by atoms with E-state index in [2.05, 4.69) is 15.4 Å². The van der Waals surface area contributed by atoms with Crippen molar-refractivity contribution < 1.29 is 9.53 Å². The lowest BCUT2D eigenvalue weighted by Crippen LogP contribution is -2.27. The Balaban J connectivity index is 1.59. The molecule has 0 fully saturated rings. The average molecular weight is 368 g/mol. The lowest BCUT2D eigenvalue weighted by atomic mass is 10.2. The predicted molar refractivity (Wildman–Crippen MR) is 102 cm³/mol. The Hall–Kier alpha value is -2.80. The van der Waals surface area contributed by atoms with Crippen molar-refractivity contribution >= 4 is 17.7 Å². The van der Waals surface area contributed by atoms with Gasteiger partial charge < -0.3 is 10.1 Å². The van der Waals surface area contributed by atoms with Crippen LogP contribution >= 0.6 is 11.8 Å². The fourth-order valence-electron chi connectivity index (χ4n) is 2.40. The molecule has 1 amide bonds. The molecule has 2 heterocycles. The van der Waals surface area contributed by atoms with Gasteiger partial charge in [0, 0.05) is 35.1 Å². The van der Waals surface area contributed by atoms with Crippen molar-refractivity contribution in [2.75, 3.05) is 12.9 Å². The molecule has 26 heavy (non-hydrogen) atoms. The summed E-state index contributed by atoms with van der Waals surface area (Å²) in [4.78, 5) is 17.2. The SMILES string of the molecule is COc1cccc(-n2cc([C@@H](C)NC(=O)CSc3ccncc3)cn2)c1. The van der Waals surface area contributed by atoms with Crippen molar-refractivity contribution in [2.24, 2.45) is 0 Å². The highest BCUT2D eigenvalue weighted by Crippen LogP contribution is 2.19. The van der Waals surface area contributed by atoms with Crippen LogP contribution in [0.5, 0.6) is 5.75 Å². The standard InChI is InChI=1S/C19H20N4O2S/c1-14(22-19(24)13-26-18-6-8-20-9-7-18)15-11-21-23(12-15)16-4-3-5-17(10-16)25-2/h3-12,14H,13H2,1-2H3,(H,22,24)/t14-/m1/s1. The summed E-state index contributed by atoms with van der Waals surface area (Å²) in [6.45, 7) is 1.95. The highest BCUT2D eigenvalue weighted by Gasteiger charge is 2.12. The van der Waals surface area contributed by atoms with E-state index in [0.717, 1.165) is 21.9 Å². The molecule has 3 aromatic rings. The largest absolute Gasteiger partial charge is 0.497 e. The summed E-state index contributed by atoms with van der Waals surface area (Å²) in [7, 11) is 1.63. The highest BCUT2D eigenvalue weighted by molar-refractivity contribution is 8.00. The molecule has 3 rings (SSSR count). The number of amides is 1. The summed E-state index contributed by atoms with van der Waals surface area (Å²) in [5.74, 6) is 1.11. The lowest BCUT2D eigenvalue weighted by molar-refractivity contribution is -0.119. The van der Waals surface area contributed by atoms with Crippen molar-refractivity contribution in [2.45, 2.75) is 17.9 Å². The van der Waals surface area contributed by atoms with Gasteiger partial charge in [-0.3, -0.25) is 9.78 Å². The van der Waals surface area contributed by atoms with Gasteiger partial charge in [-0.15, -0.1) is 11.8 Å². The Bertz CT molecular complexity index is 867. The summed E-state index contributed by atoms with van der Waals surface area (Å²) in [6, 6.07) is 11.3. The molecule has 0 bridgehead atoms. The average Bonchev–Trinajstić information content (AvgIpc) is 3.18. The highest BCUT2D eigenvalue weighted by atomic mass is 32.2. The molecule has 0 radical (unpaired) electrons. The van der Waals surface area contributed by atoms with E-state index in [4.69, 9.17) is 4.74 Å². The summed E-state index contributed by atoms with van der Waals surface area (Å²) in [5.41, 5.74) is 1.84. The molecule has 0 saturated heterocycles. The number of rotatable bonds is 7. The summed E-state index contributed by atoms with van der Waals surface area (Å²) in [6.07, 6.45) is 7.11. The molecule has 134 valence electrons. The number of carbonyl (C=O) groups is 1. The Morgan fingerprint density at radius 1 is 1.31 bits per heavy atom. The molecule has 0 unspecified atom stereocenters. The maximum absolute atomic E-state index is 12.2. The van der Waals surface area contributed by atoms with Gasteiger partial charge in [0.25, 0.3) is 0 Å². The smallest absolute Gasteiger partial charge is 0.230 e. The van der Waals surface area contributed by atoms with Crippen LogP contribution in [0.3, 0.4) is 0 Å². The minimum absolute atomic E-state index is 0.0200. The number of thioether (sulfide) groups is 1. The second-order valence-electron chi connectivity index (χ2n) is 5.68. The number of ether oxygens (including phenoxy) is 1. The first-order chi connectivity index (χ1) is 12.7. The number of nitrogens with one attached hydrogen (secondary N) is 1. The topological polar surface area (TPSA) is 69.0 Å². The van der Waals surface area contributed by atoms with Crippen LogP contribution in [0.4, 0.5) is 0 Å². The summed E-state index contributed by atoms with van der Waals surface area (Å²) < 4.78 is 7.01. The maximum Gasteiger partial charge on any atom is 0.230 e. The van der Waals surface area contributed by atoms with Crippen LogP contribution < -0.4 is 10.1 Å². The number of hydrogen-bond acceptors (Lipinski definition) is 5. The molecule has 1 aromatic carbocycles. The Kier molecular flexibility index (Phi) is 5.91. The van der Waals surface area contributed by atoms with Gasteiger partial charge in [0.15, 0.2) is 0 Å². The number of pyridine rings is 1. The second kappa shape index (κ2) is 8.53. The zero-order valence-electron chi connectivity index (χ0n) is 14.6. The number of carbonyl (C=O) groups excluding carboxylic acids is 1. The van der Waals surface area contributed by atoms with Gasteiger partial charge in [0.05, 0.1) is 30.8 Å². The summed E-state index contributed by atoms with van der Waals surface area (Å²) >= 11 is 1.49. The molecule has 0 aliphatic carbocycles. The molecular formula is C19H20N4O2S. The molecule has 0 aliphatic rings. The Morgan fingerprint density at radius 2 is 2.12 bits per heavy atom. The molecule has 2 aromatic heterocycles. The molecule has 7 heteroatoms. The quantitative estimate of drug-likeness (QED) is 0.649. The van der Waals surface area contributed by atoms with Crippen LogP contribution in [0, 0.1) is 0 Å². The third-order valence-corrected chi connectivity index (χ3v) is 4.83. The van der Waals surface area contributed by atoms with Crippen molar-refractivity contribution in [3.8, 4) is 11.4 Å². The van der Waals surface area contributed by atoms with Gasteiger partial charge in [-0.25, -0.2) is 4.68 Å². The predicted octanol–water partition coefficient (Wildman–Crippen LogP) is 3.25. The number of methoxy groups -OCH3 is 1. The van der Waals surface area contributed by atoms with Crippen molar-refractivity contribution in [3.63, 3.8) is 0 Å². The minimum atomic E-state index is -0.125. The lowest BCUT2D eigenvalue weighted by Gasteiger charge is -2.12.